The third-order valence-electron chi connectivity index (χ3n) is 4.25. The average molecular weight is 357 g/mol. The summed E-state index contributed by atoms with van der Waals surface area (Å²) in [5.41, 5.74) is 2.44. The van der Waals surface area contributed by atoms with E-state index in [1.54, 1.807) is 6.26 Å². The Morgan fingerprint density at radius 3 is 2.81 bits per heavy atom. The van der Waals surface area contributed by atoms with Crippen LogP contribution in [0.5, 0.6) is 0 Å². The first-order valence-electron chi connectivity index (χ1n) is 9.30. The van der Waals surface area contributed by atoms with Gasteiger partial charge in [0.05, 0.1) is 18.4 Å². The molecule has 1 aliphatic rings. The van der Waals surface area contributed by atoms with E-state index < -0.39 is 11.4 Å². The minimum atomic E-state index is -1.17. The Hall–Kier alpha value is -2.56. The summed E-state index contributed by atoms with van der Waals surface area (Å²) in [7, 11) is 0. The van der Waals surface area contributed by atoms with Gasteiger partial charge in [-0.15, -0.1) is 0 Å². The number of aromatic nitrogens is 1. The lowest BCUT2D eigenvalue weighted by Gasteiger charge is -2.21. The lowest BCUT2D eigenvalue weighted by atomic mass is 9.96. The van der Waals surface area contributed by atoms with E-state index in [0.29, 0.717) is 18.4 Å². The molecule has 0 unspecified atom stereocenters. The van der Waals surface area contributed by atoms with Crippen LogP contribution in [0.1, 0.15) is 55.1 Å². The molecule has 0 radical (unpaired) electrons. The first kappa shape index (κ1) is 19.8. The highest BCUT2D eigenvalue weighted by atomic mass is 16.5. The van der Waals surface area contributed by atoms with Crippen molar-refractivity contribution in [1.82, 2.24) is 4.57 Å². The Morgan fingerprint density at radius 2 is 2.12 bits per heavy atom. The molecule has 0 bridgehead atoms. The van der Waals surface area contributed by atoms with Gasteiger partial charge in [0.25, 0.3) is 0 Å². The first-order valence-corrected chi connectivity index (χ1v) is 9.30. The van der Waals surface area contributed by atoms with Gasteiger partial charge in [-0.2, -0.15) is 0 Å². The zero-order valence-electron chi connectivity index (χ0n) is 15.7. The normalized spacial score (nSPS) is 12.7. The van der Waals surface area contributed by atoms with E-state index in [9.17, 15) is 14.7 Å². The van der Waals surface area contributed by atoms with E-state index in [-0.39, 0.29) is 5.56 Å². The molecule has 3 rings (SSSR count). The smallest absolute Gasteiger partial charge is 0.341 e. The quantitative estimate of drug-likeness (QED) is 0.623. The van der Waals surface area contributed by atoms with Crippen molar-refractivity contribution in [3.8, 4) is 0 Å². The molecule has 0 saturated heterocycles. The van der Waals surface area contributed by atoms with Gasteiger partial charge in [0.1, 0.15) is 5.56 Å². The van der Waals surface area contributed by atoms with Gasteiger partial charge >= 0.3 is 5.97 Å². The van der Waals surface area contributed by atoms with Crippen molar-refractivity contribution in [3.05, 3.63) is 57.6 Å². The number of hydrogen-bond acceptors (Lipinski definition) is 3. The van der Waals surface area contributed by atoms with Gasteiger partial charge in [-0.3, -0.25) is 4.79 Å². The van der Waals surface area contributed by atoms with Crippen molar-refractivity contribution in [1.29, 1.82) is 0 Å². The molecule has 0 amide bonds. The van der Waals surface area contributed by atoms with E-state index in [0.717, 1.165) is 42.5 Å². The number of aromatic carboxylic acids is 1. The van der Waals surface area contributed by atoms with Crippen LogP contribution in [0.25, 0.3) is 10.9 Å². The van der Waals surface area contributed by atoms with E-state index >= 15 is 0 Å². The summed E-state index contributed by atoms with van der Waals surface area (Å²) in [5.74, 6) is -1.17. The highest BCUT2D eigenvalue weighted by molar-refractivity contribution is 5.93. The van der Waals surface area contributed by atoms with Gasteiger partial charge in [0.2, 0.25) is 5.43 Å². The number of ether oxygens (including phenoxy) is 1. The molecule has 1 aliphatic heterocycles. The topological polar surface area (TPSA) is 68.5 Å². The number of pyridine rings is 1. The molecule has 2 aromatic rings. The number of aryl methyl sites for hydroxylation is 2. The summed E-state index contributed by atoms with van der Waals surface area (Å²) in [6.07, 6.45) is 8.56. The lowest BCUT2D eigenvalue weighted by molar-refractivity contribution is 0.0694. The van der Waals surface area contributed by atoms with Crippen LogP contribution in [0.2, 0.25) is 0 Å². The summed E-state index contributed by atoms with van der Waals surface area (Å²) < 4.78 is 7.23. The standard InChI is InChI=1S/C19H21NO4.C2H6/c1-2-8-24-9-4-5-13-10-14-6-3-7-20-12-16(19(22)23)18(21)15(11-13)17(14)20;1-2/h4,9-12H,2-3,5-8H2,1H3,(H,22,23);1-2H3/b9-4+;. The van der Waals surface area contributed by atoms with Crippen LogP contribution in [0.4, 0.5) is 0 Å². The number of carboxylic acid groups (broad SMARTS) is 1. The van der Waals surface area contributed by atoms with Crippen molar-refractivity contribution in [3.63, 3.8) is 0 Å². The van der Waals surface area contributed by atoms with Crippen LogP contribution < -0.4 is 5.43 Å². The van der Waals surface area contributed by atoms with Crippen molar-refractivity contribution >= 4 is 16.9 Å². The third-order valence-corrected chi connectivity index (χ3v) is 4.25. The molecule has 5 nitrogen and oxygen atoms in total. The summed E-state index contributed by atoms with van der Waals surface area (Å²) >= 11 is 0. The van der Waals surface area contributed by atoms with Gasteiger partial charge in [-0.1, -0.05) is 26.8 Å². The van der Waals surface area contributed by atoms with E-state index in [1.165, 1.54) is 6.20 Å². The first-order chi connectivity index (χ1) is 12.6. The Kier molecular flexibility index (Phi) is 7.01. The zero-order valence-corrected chi connectivity index (χ0v) is 15.7. The van der Waals surface area contributed by atoms with Crippen LogP contribution in [-0.4, -0.2) is 22.2 Å². The Balaban J connectivity index is 0.00000117. The van der Waals surface area contributed by atoms with Crippen LogP contribution in [0, 0.1) is 0 Å². The number of hydrogen-bond donors (Lipinski definition) is 1. The minimum absolute atomic E-state index is 0.158. The molecule has 1 N–H and O–H groups in total. The number of allylic oxidation sites excluding steroid dienone is 1. The van der Waals surface area contributed by atoms with Gasteiger partial charge in [-0.25, -0.2) is 4.79 Å². The van der Waals surface area contributed by atoms with Crippen LogP contribution >= 0.6 is 0 Å². The summed E-state index contributed by atoms with van der Waals surface area (Å²) in [6.45, 7) is 7.48. The molecule has 2 heterocycles. The SMILES string of the molecule is CC.CCCO/C=C/Cc1cc2c3c(c1)c(=O)c(C(=O)O)cn3CCC2. The molecular weight excluding hydrogens is 330 g/mol. The molecule has 140 valence electrons. The maximum Gasteiger partial charge on any atom is 0.341 e. The van der Waals surface area contributed by atoms with E-state index in [4.69, 9.17) is 4.74 Å². The molecule has 5 heteroatoms. The van der Waals surface area contributed by atoms with Crippen LogP contribution in [0.3, 0.4) is 0 Å². The summed E-state index contributed by atoms with van der Waals surface area (Å²) in [5, 5.41) is 9.79. The van der Waals surface area contributed by atoms with Gasteiger partial charge in [0.15, 0.2) is 0 Å². The van der Waals surface area contributed by atoms with Crippen molar-refractivity contribution in [2.24, 2.45) is 0 Å². The van der Waals surface area contributed by atoms with E-state index in [1.807, 2.05) is 37.5 Å². The molecule has 0 spiro atoms. The van der Waals surface area contributed by atoms with Crippen molar-refractivity contribution in [2.45, 2.75) is 53.0 Å². The molecule has 1 aromatic carbocycles. The predicted molar refractivity (Wildman–Crippen MR) is 104 cm³/mol. The van der Waals surface area contributed by atoms with Crippen LogP contribution in [0.15, 0.2) is 35.5 Å². The Bertz CT molecular complexity index is 864. The molecule has 0 atom stereocenters. The largest absolute Gasteiger partial charge is 0.502 e. The second-order valence-corrected chi connectivity index (χ2v) is 6.07. The molecule has 0 saturated carbocycles. The highest BCUT2D eigenvalue weighted by Gasteiger charge is 2.19. The maximum absolute atomic E-state index is 12.5. The molecular formula is C21H27NO4. The molecule has 1 aromatic heterocycles. The Labute approximate surface area is 153 Å². The second-order valence-electron chi connectivity index (χ2n) is 6.07. The second kappa shape index (κ2) is 9.22. The van der Waals surface area contributed by atoms with E-state index in [2.05, 4.69) is 6.07 Å². The molecule has 26 heavy (non-hydrogen) atoms. The predicted octanol–water partition coefficient (Wildman–Crippen LogP) is 4.15. The number of benzene rings is 1. The lowest BCUT2D eigenvalue weighted by Crippen LogP contribution is -2.22. The minimum Gasteiger partial charge on any atom is -0.502 e. The number of nitrogens with zero attached hydrogens (tertiary/aromatic N) is 1. The molecule has 0 fully saturated rings. The fourth-order valence-electron chi connectivity index (χ4n) is 3.21. The number of carboxylic acids is 1. The number of rotatable bonds is 6. The van der Waals surface area contributed by atoms with Gasteiger partial charge < -0.3 is 14.4 Å². The van der Waals surface area contributed by atoms with Gasteiger partial charge in [0, 0.05) is 18.1 Å². The summed E-state index contributed by atoms with van der Waals surface area (Å²) in [6, 6.07) is 3.93. The molecule has 0 aliphatic carbocycles. The van der Waals surface area contributed by atoms with Crippen molar-refractivity contribution in [2.75, 3.05) is 6.61 Å². The zero-order chi connectivity index (χ0) is 19.1. The highest BCUT2D eigenvalue weighted by Crippen LogP contribution is 2.25. The average Bonchev–Trinajstić information content (AvgIpc) is 2.65. The number of carbonyl (C=O) groups is 1. The fourth-order valence-corrected chi connectivity index (χ4v) is 3.21. The Morgan fingerprint density at radius 1 is 1.35 bits per heavy atom. The maximum atomic E-state index is 12.5. The van der Waals surface area contributed by atoms with Crippen LogP contribution in [-0.2, 0) is 24.1 Å². The monoisotopic (exact) mass is 357 g/mol. The third kappa shape index (κ3) is 4.15. The van der Waals surface area contributed by atoms with Gasteiger partial charge in [-0.05, 0) is 49.0 Å². The van der Waals surface area contributed by atoms with Crippen molar-refractivity contribution < 1.29 is 14.6 Å². The summed E-state index contributed by atoms with van der Waals surface area (Å²) in [4.78, 5) is 23.9. The fraction of sp³-hybridized carbons (Fsp3) is 0.429.